The molecule has 84 valence electrons. The van der Waals surface area contributed by atoms with E-state index in [-0.39, 0.29) is 0 Å². The lowest BCUT2D eigenvalue weighted by Gasteiger charge is -2.19. The molecule has 0 amide bonds. The van der Waals surface area contributed by atoms with Crippen LogP contribution < -0.4 is 5.32 Å². The molecule has 1 nitrogen and oxygen atoms in total. The van der Waals surface area contributed by atoms with Crippen LogP contribution in [0.1, 0.15) is 38.3 Å². The third-order valence-electron chi connectivity index (χ3n) is 2.66. The Morgan fingerprint density at radius 1 is 1.13 bits per heavy atom. The second-order valence-corrected chi connectivity index (χ2v) is 4.62. The van der Waals surface area contributed by atoms with Crippen molar-refractivity contribution >= 4 is 0 Å². The van der Waals surface area contributed by atoms with Gasteiger partial charge in [0.2, 0.25) is 0 Å². The molecule has 1 unspecified atom stereocenters. The van der Waals surface area contributed by atoms with E-state index in [2.05, 4.69) is 57.3 Å². The van der Waals surface area contributed by atoms with E-state index in [0.717, 1.165) is 6.42 Å². The molecule has 1 aromatic carbocycles. The first kappa shape index (κ1) is 12.3. The van der Waals surface area contributed by atoms with Gasteiger partial charge in [0.15, 0.2) is 0 Å². The van der Waals surface area contributed by atoms with Crippen LogP contribution in [0.4, 0.5) is 0 Å². The summed E-state index contributed by atoms with van der Waals surface area (Å²) in [5, 5.41) is 3.59. The summed E-state index contributed by atoms with van der Waals surface area (Å²) in [6.45, 7) is 8.79. The van der Waals surface area contributed by atoms with Crippen LogP contribution in [-0.4, -0.2) is 12.1 Å². The average molecular weight is 205 g/mol. The van der Waals surface area contributed by atoms with E-state index in [4.69, 9.17) is 0 Å². The van der Waals surface area contributed by atoms with Crippen LogP contribution >= 0.6 is 0 Å². The fourth-order valence-corrected chi connectivity index (χ4v) is 1.80. The highest BCUT2D eigenvalue weighted by Crippen LogP contribution is 2.08. The minimum Gasteiger partial charge on any atom is -0.311 e. The van der Waals surface area contributed by atoms with Crippen LogP contribution in [0.25, 0.3) is 0 Å². The first-order chi connectivity index (χ1) is 7.11. The Kier molecular flexibility index (Phi) is 4.83. The third kappa shape index (κ3) is 4.48. The molecule has 0 radical (unpaired) electrons. The average Bonchev–Trinajstić information content (AvgIpc) is 2.19. The summed E-state index contributed by atoms with van der Waals surface area (Å²) in [4.78, 5) is 0. The zero-order valence-electron chi connectivity index (χ0n) is 10.4. The van der Waals surface area contributed by atoms with Crippen LogP contribution in [0.3, 0.4) is 0 Å². The maximum absolute atomic E-state index is 3.59. The van der Waals surface area contributed by atoms with Crippen LogP contribution in [0.15, 0.2) is 24.3 Å². The molecular weight excluding hydrogens is 182 g/mol. The number of aryl methyl sites for hydroxylation is 1. The molecule has 0 saturated heterocycles. The summed E-state index contributed by atoms with van der Waals surface area (Å²) in [7, 11) is 0. The van der Waals surface area contributed by atoms with Crippen molar-refractivity contribution < 1.29 is 0 Å². The molecule has 0 spiro atoms. The van der Waals surface area contributed by atoms with Gasteiger partial charge in [0.1, 0.15) is 0 Å². The SMILES string of the molecule is CCC(Cc1ccc(C)cc1)NC(C)C. The van der Waals surface area contributed by atoms with E-state index in [0.29, 0.717) is 12.1 Å². The highest BCUT2D eigenvalue weighted by molar-refractivity contribution is 5.22. The lowest BCUT2D eigenvalue weighted by molar-refractivity contribution is 0.449. The van der Waals surface area contributed by atoms with E-state index in [9.17, 15) is 0 Å². The van der Waals surface area contributed by atoms with Gasteiger partial charge in [-0.05, 0) is 25.3 Å². The van der Waals surface area contributed by atoms with Crippen molar-refractivity contribution in [2.75, 3.05) is 0 Å². The molecule has 0 heterocycles. The minimum absolute atomic E-state index is 0.570. The Bertz CT molecular complexity index is 274. The first-order valence-electron chi connectivity index (χ1n) is 5.93. The minimum atomic E-state index is 0.570. The summed E-state index contributed by atoms with van der Waals surface area (Å²) in [5.74, 6) is 0. The predicted molar refractivity (Wildman–Crippen MR) is 67.2 cm³/mol. The van der Waals surface area contributed by atoms with Crippen LogP contribution in [0, 0.1) is 6.92 Å². The quantitative estimate of drug-likeness (QED) is 0.777. The van der Waals surface area contributed by atoms with Gasteiger partial charge in [-0.15, -0.1) is 0 Å². The molecular formula is C14H23N. The molecule has 1 rings (SSSR count). The largest absolute Gasteiger partial charge is 0.311 e. The van der Waals surface area contributed by atoms with Crippen molar-refractivity contribution in [1.29, 1.82) is 0 Å². The number of nitrogens with one attached hydrogen (secondary N) is 1. The van der Waals surface area contributed by atoms with E-state index in [1.807, 2.05) is 0 Å². The van der Waals surface area contributed by atoms with E-state index in [1.54, 1.807) is 0 Å². The van der Waals surface area contributed by atoms with Gasteiger partial charge in [-0.3, -0.25) is 0 Å². The Morgan fingerprint density at radius 2 is 1.73 bits per heavy atom. The first-order valence-corrected chi connectivity index (χ1v) is 5.93. The van der Waals surface area contributed by atoms with Gasteiger partial charge in [-0.2, -0.15) is 0 Å². The Balaban J connectivity index is 2.54. The number of rotatable bonds is 5. The lowest BCUT2D eigenvalue weighted by Crippen LogP contribution is -2.35. The highest BCUT2D eigenvalue weighted by Gasteiger charge is 2.07. The van der Waals surface area contributed by atoms with Crippen molar-refractivity contribution in [1.82, 2.24) is 5.32 Å². The summed E-state index contributed by atoms with van der Waals surface area (Å²) in [5.41, 5.74) is 2.77. The zero-order chi connectivity index (χ0) is 11.3. The van der Waals surface area contributed by atoms with Crippen LogP contribution in [0.2, 0.25) is 0 Å². The van der Waals surface area contributed by atoms with Crippen molar-refractivity contribution in [3.05, 3.63) is 35.4 Å². The monoisotopic (exact) mass is 205 g/mol. The molecule has 0 aliphatic carbocycles. The van der Waals surface area contributed by atoms with Gasteiger partial charge in [0, 0.05) is 12.1 Å². The molecule has 1 heteroatoms. The number of hydrogen-bond acceptors (Lipinski definition) is 1. The Hall–Kier alpha value is -0.820. The fourth-order valence-electron chi connectivity index (χ4n) is 1.80. The number of benzene rings is 1. The van der Waals surface area contributed by atoms with Gasteiger partial charge < -0.3 is 5.32 Å². The smallest absolute Gasteiger partial charge is 0.0107 e. The zero-order valence-corrected chi connectivity index (χ0v) is 10.4. The molecule has 0 fully saturated rings. The predicted octanol–water partition coefficient (Wildman–Crippen LogP) is 3.31. The molecule has 0 aliphatic rings. The van der Waals surface area contributed by atoms with Gasteiger partial charge in [0.25, 0.3) is 0 Å². The van der Waals surface area contributed by atoms with Gasteiger partial charge in [0.05, 0.1) is 0 Å². The van der Waals surface area contributed by atoms with Gasteiger partial charge in [-0.25, -0.2) is 0 Å². The second-order valence-electron chi connectivity index (χ2n) is 4.62. The fraction of sp³-hybridized carbons (Fsp3) is 0.571. The van der Waals surface area contributed by atoms with E-state index >= 15 is 0 Å². The molecule has 0 bridgehead atoms. The van der Waals surface area contributed by atoms with Gasteiger partial charge >= 0.3 is 0 Å². The van der Waals surface area contributed by atoms with E-state index in [1.165, 1.54) is 17.5 Å². The highest BCUT2D eigenvalue weighted by atomic mass is 14.9. The van der Waals surface area contributed by atoms with Crippen LogP contribution in [-0.2, 0) is 6.42 Å². The van der Waals surface area contributed by atoms with Gasteiger partial charge in [-0.1, -0.05) is 50.6 Å². The summed E-state index contributed by atoms with van der Waals surface area (Å²) < 4.78 is 0. The molecule has 0 aliphatic heterocycles. The van der Waals surface area contributed by atoms with Crippen molar-refractivity contribution in [3.8, 4) is 0 Å². The molecule has 15 heavy (non-hydrogen) atoms. The Labute approximate surface area is 93.9 Å². The Morgan fingerprint density at radius 3 is 2.20 bits per heavy atom. The summed E-state index contributed by atoms with van der Waals surface area (Å²) in [6, 6.07) is 10.0. The standard InChI is InChI=1S/C14H23N/c1-5-14(15-11(2)3)10-13-8-6-12(4)7-9-13/h6-9,11,14-15H,5,10H2,1-4H3. The van der Waals surface area contributed by atoms with Crippen molar-refractivity contribution in [3.63, 3.8) is 0 Å². The van der Waals surface area contributed by atoms with Crippen LogP contribution in [0.5, 0.6) is 0 Å². The third-order valence-corrected chi connectivity index (χ3v) is 2.66. The maximum Gasteiger partial charge on any atom is 0.0107 e. The van der Waals surface area contributed by atoms with Crippen molar-refractivity contribution in [2.24, 2.45) is 0 Å². The summed E-state index contributed by atoms with van der Waals surface area (Å²) >= 11 is 0. The molecule has 0 aromatic heterocycles. The lowest BCUT2D eigenvalue weighted by atomic mass is 10.0. The molecule has 1 N–H and O–H groups in total. The maximum atomic E-state index is 3.59. The second kappa shape index (κ2) is 5.92. The van der Waals surface area contributed by atoms with Crippen molar-refractivity contribution in [2.45, 2.75) is 52.6 Å². The molecule has 1 aromatic rings. The summed E-state index contributed by atoms with van der Waals surface area (Å²) in [6.07, 6.45) is 2.32. The number of hydrogen-bond donors (Lipinski definition) is 1. The molecule has 0 saturated carbocycles. The topological polar surface area (TPSA) is 12.0 Å². The molecule has 1 atom stereocenters. The van der Waals surface area contributed by atoms with E-state index < -0.39 is 0 Å². The normalized spacial score (nSPS) is 13.1.